The molecule has 0 unspecified atom stereocenters. The van der Waals surface area contributed by atoms with Crippen LogP contribution in [0.5, 0.6) is 5.75 Å². The van der Waals surface area contributed by atoms with E-state index in [1.165, 1.54) is 7.11 Å². The van der Waals surface area contributed by atoms with Crippen LogP contribution in [0.25, 0.3) is 5.69 Å². The zero-order chi connectivity index (χ0) is 21.0. The number of aryl methyl sites for hydroxylation is 1. The molecule has 9 heteroatoms. The Kier molecular flexibility index (Phi) is 6.38. The SMILES string of the molecule is COC(=O)NCC(=O)N1CCOC[C@H]1c1c(C)nn(-c2cccc(OC)c2)c1C. The summed E-state index contributed by atoms with van der Waals surface area (Å²) in [6, 6.07) is 7.35. The van der Waals surface area contributed by atoms with Crippen LogP contribution in [0.15, 0.2) is 24.3 Å². The van der Waals surface area contributed by atoms with Crippen LogP contribution in [0.1, 0.15) is 23.0 Å². The van der Waals surface area contributed by atoms with Gasteiger partial charge in [-0.25, -0.2) is 9.48 Å². The van der Waals surface area contributed by atoms with E-state index in [4.69, 9.17) is 14.6 Å². The minimum atomic E-state index is -0.638. The van der Waals surface area contributed by atoms with Gasteiger partial charge in [-0.2, -0.15) is 5.10 Å². The minimum Gasteiger partial charge on any atom is -0.497 e. The number of nitrogens with one attached hydrogen (secondary N) is 1. The fraction of sp³-hybridized carbons (Fsp3) is 0.450. The lowest BCUT2D eigenvalue weighted by Crippen LogP contribution is -2.47. The van der Waals surface area contributed by atoms with Crippen LogP contribution >= 0.6 is 0 Å². The van der Waals surface area contributed by atoms with E-state index in [1.54, 1.807) is 12.0 Å². The number of ether oxygens (including phenoxy) is 3. The molecule has 1 aliphatic heterocycles. The average molecular weight is 402 g/mol. The molecule has 3 rings (SSSR count). The lowest BCUT2D eigenvalue weighted by Gasteiger charge is -2.36. The maximum absolute atomic E-state index is 12.7. The number of rotatable bonds is 5. The molecule has 0 radical (unpaired) electrons. The summed E-state index contributed by atoms with van der Waals surface area (Å²) < 4.78 is 17.4. The Morgan fingerprint density at radius 3 is 2.83 bits per heavy atom. The molecular weight excluding hydrogens is 376 g/mol. The second kappa shape index (κ2) is 8.95. The Bertz CT molecular complexity index is 895. The van der Waals surface area contributed by atoms with E-state index in [-0.39, 0.29) is 18.5 Å². The topological polar surface area (TPSA) is 94.9 Å². The summed E-state index contributed by atoms with van der Waals surface area (Å²) in [7, 11) is 2.88. The first-order chi connectivity index (χ1) is 14.0. The average Bonchev–Trinajstić information content (AvgIpc) is 3.05. The Labute approximate surface area is 169 Å². The van der Waals surface area contributed by atoms with Crippen LogP contribution in [0.3, 0.4) is 0 Å². The Balaban J connectivity index is 1.90. The fourth-order valence-electron chi connectivity index (χ4n) is 3.59. The van der Waals surface area contributed by atoms with Crippen molar-refractivity contribution in [1.82, 2.24) is 20.0 Å². The van der Waals surface area contributed by atoms with Gasteiger partial charge in [0.15, 0.2) is 0 Å². The first kappa shape index (κ1) is 20.7. The molecule has 1 aromatic heterocycles. The molecule has 1 atom stereocenters. The van der Waals surface area contributed by atoms with E-state index in [0.29, 0.717) is 19.8 Å². The van der Waals surface area contributed by atoms with Crippen molar-refractivity contribution in [3.63, 3.8) is 0 Å². The van der Waals surface area contributed by atoms with Crippen molar-refractivity contribution < 1.29 is 23.8 Å². The standard InChI is InChI=1S/C20H26N4O5/c1-13-19(14(2)24(22-13)15-6-5-7-16(10-15)27-3)17-12-29-9-8-23(17)18(25)11-21-20(26)28-4/h5-7,10,17H,8-9,11-12H2,1-4H3,(H,21,26)/t17-/m0/s1. The number of morpholine rings is 1. The van der Waals surface area contributed by atoms with Crippen LogP contribution in [-0.2, 0) is 14.3 Å². The molecule has 0 saturated carbocycles. The van der Waals surface area contributed by atoms with Gasteiger partial charge < -0.3 is 24.4 Å². The molecule has 0 bridgehead atoms. The zero-order valence-electron chi connectivity index (χ0n) is 17.1. The quantitative estimate of drug-likeness (QED) is 0.819. The Morgan fingerprint density at radius 1 is 1.31 bits per heavy atom. The Hall–Kier alpha value is -3.07. The van der Waals surface area contributed by atoms with Gasteiger partial charge in [0, 0.05) is 23.9 Å². The third-order valence-electron chi connectivity index (χ3n) is 5.00. The van der Waals surface area contributed by atoms with E-state index in [9.17, 15) is 9.59 Å². The summed E-state index contributed by atoms with van der Waals surface area (Å²) in [5.74, 6) is 0.542. The zero-order valence-corrected chi connectivity index (χ0v) is 17.1. The van der Waals surface area contributed by atoms with Gasteiger partial charge in [0.1, 0.15) is 12.3 Å². The van der Waals surface area contributed by atoms with Crippen molar-refractivity contribution in [1.29, 1.82) is 0 Å². The number of hydrogen-bond donors (Lipinski definition) is 1. The number of hydrogen-bond acceptors (Lipinski definition) is 6. The summed E-state index contributed by atoms with van der Waals surface area (Å²) in [4.78, 5) is 25.8. The number of carbonyl (C=O) groups is 2. The number of methoxy groups -OCH3 is 2. The highest BCUT2D eigenvalue weighted by atomic mass is 16.5. The summed E-state index contributed by atoms with van der Waals surface area (Å²) >= 11 is 0. The number of alkyl carbamates (subject to hydrolysis) is 1. The van der Waals surface area contributed by atoms with E-state index < -0.39 is 6.09 Å². The Morgan fingerprint density at radius 2 is 2.10 bits per heavy atom. The van der Waals surface area contributed by atoms with Gasteiger partial charge in [-0.05, 0) is 26.0 Å². The maximum Gasteiger partial charge on any atom is 0.407 e. The summed E-state index contributed by atoms with van der Waals surface area (Å²) in [5, 5.41) is 7.14. The normalized spacial score (nSPS) is 16.4. The molecule has 1 aliphatic rings. The summed E-state index contributed by atoms with van der Waals surface area (Å²) in [5.41, 5.74) is 3.56. The van der Waals surface area contributed by atoms with Crippen molar-refractivity contribution in [3.05, 3.63) is 41.2 Å². The molecule has 0 spiro atoms. The monoisotopic (exact) mass is 402 g/mol. The second-order valence-corrected chi connectivity index (χ2v) is 6.72. The molecule has 1 aromatic carbocycles. The van der Waals surface area contributed by atoms with Crippen LogP contribution in [0, 0.1) is 13.8 Å². The van der Waals surface area contributed by atoms with Gasteiger partial charge in [0.05, 0.1) is 44.9 Å². The third kappa shape index (κ3) is 4.34. The van der Waals surface area contributed by atoms with Crippen molar-refractivity contribution in [2.24, 2.45) is 0 Å². The van der Waals surface area contributed by atoms with Crippen molar-refractivity contribution >= 4 is 12.0 Å². The summed E-state index contributed by atoms with van der Waals surface area (Å²) in [6.07, 6.45) is -0.638. The number of aromatic nitrogens is 2. The predicted octanol–water partition coefficient (Wildman–Crippen LogP) is 1.75. The smallest absolute Gasteiger partial charge is 0.407 e. The number of nitrogens with zero attached hydrogens (tertiary/aromatic N) is 3. The molecule has 1 saturated heterocycles. The highest BCUT2D eigenvalue weighted by Crippen LogP contribution is 2.31. The number of carbonyl (C=O) groups excluding carboxylic acids is 2. The molecular formula is C20H26N4O5. The van der Waals surface area contributed by atoms with Crippen molar-refractivity contribution in [2.45, 2.75) is 19.9 Å². The van der Waals surface area contributed by atoms with Gasteiger partial charge in [-0.3, -0.25) is 4.79 Å². The first-order valence-corrected chi connectivity index (χ1v) is 9.35. The molecule has 1 fully saturated rings. The van der Waals surface area contributed by atoms with Gasteiger partial charge in [-0.15, -0.1) is 0 Å². The van der Waals surface area contributed by atoms with E-state index in [1.807, 2.05) is 42.8 Å². The highest BCUT2D eigenvalue weighted by molar-refractivity contribution is 5.82. The molecule has 2 heterocycles. The van der Waals surface area contributed by atoms with Gasteiger partial charge in [0.25, 0.3) is 0 Å². The minimum absolute atomic E-state index is 0.134. The fourth-order valence-corrected chi connectivity index (χ4v) is 3.59. The number of amides is 2. The maximum atomic E-state index is 12.7. The second-order valence-electron chi connectivity index (χ2n) is 6.72. The van der Waals surface area contributed by atoms with Crippen LogP contribution < -0.4 is 10.1 Å². The van der Waals surface area contributed by atoms with Gasteiger partial charge in [-0.1, -0.05) is 6.07 Å². The van der Waals surface area contributed by atoms with Crippen LogP contribution in [-0.4, -0.2) is 67.2 Å². The van der Waals surface area contributed by atoms with Crippen molar-refractivity contribution in [2.75, 3.05) is 40.5 Å². The van der Waals surface area contributed by atoms with Gasteiger partial charge in [0.2, 0.25) is 5.91 Å². The van der Waals surface area contributed by atoms with Gasteiger partial charge >= 0.3 is 6.09 Å². The first-order valence-electron chi connectivity index (χ1n) is 9.35. The summed E-state index contributed by atoms with van der Waals surface area (Å²) in [6.45, 7) is 5.01. The molecule has 9 nitrogen and oxygen atoms in total. The van der Waals surface area contributed by atoms with E-state index in [2.05, 4.69) is 10.1 Å². The van der Waals surface area contributed by atoms with E-state index >= 15 is 0 Å². The number of benzene rings is 1. The molecule has 0 aliphatic carbocycles. The van der Waals surface area contributed by atoms with Crippen LogP contribution in [0.2, 0.25) is 0 Å². The molecule has 29 heavy (non-hydrogen) atoms. The molecule has 1 N–H and O–H groups in total. The van der Waals surface area contributed by atoms with Crippen molar-refractivity contribution in [3.8, 4) is 11.4 Å². The lowest BCUT2D eigenvalue weighted by molar-refractivity contribution is -0.139. The molecule has 2 amide bonds. The third-order valence-corrected chi connectivity index (χ3v) is 5.00. The van der Waals surface area contributed by atoms with E-state index in [0.717, 1.165) is 28.4 Å². The molecule has 156 valence electrons. The highest BCUT2D eigenvalue weighted by Gasteiger charge is 2.33. The molecule has 2 aromatic rings. The largest absolute Gasteiger partial charge is 0.497 e. The lowest BCUT2D eigenvalue weighted by atomic mass is 10.0. The van der Waals surface area contributed by atoms with Crippen LogP contribution in [0.4, 0.5) is 4.79 Å². The predicted molar refractivity (Wildman–Crippen MR) is 105 cm³/mol.